The molecule has 0 radical (unpaired) electrons. The Bertz CT molecular complexity index is 455. The second-order valence-electron chi connectivity index (χ2n) is 5.27. The number of Topliss-reactive ketones (excluding diaryl/α,β-unsaturated/α-hetero) is 1. The molecule has 1 rings (SSSR count). The van der Waals surface area contributed by atoms with Crippen molar-refractivity contribution in [2.24, 2.45) is 11.7 Å². The number of rotatable bonds is 7. The van der Waals surface area contributed by atoms with Crippen LogP contribution in [0, 0.1) is 12.8 Å². The number of carbonyl (C=O) groups is 2. The van der Waals surface area contributed by atoms with E-state index in [2.05, 4.69) is 0 Å². The molecule has 0 aliphatic rings. The lowest BCUT2D eigenvalue weighted by Gasteiger charge is -2.22. The summed E-state index contributed by atoms with van der Waals surface area (Å²) < 4.78 is 0. The summed E-state index contributed by atoms with van der Waals surface area (Å²) >= 11 is 0. The third-order valence-corrected chi connectivity index (χ3v) is 2.82. The molecule has 0 heterocycles. The molecule has 19 heavy (non-hydrogen) atoms. The van der Waals surface area contributed by atoms with Gasteiger partial charge in [-0.2, -0.15) is 0 Å². The highest BCUT2D eigenvalue weighted by molar-refractivity contribution is 5.99. The number of nitrogens with two attached hydrogens (primary N) is 1. The molecular weight excluding hydrogens is 240 g/mol. The number of aryl methyl sites for hydroxylation is 1. The molecule has 0 saturated heterocycles. The maximum atomic E-state index is 12.2. The fourth-order valence-corrected chi connectivity index (χ4v) is 2.10. The molecule has 0 atom stereocenters. The standard InChI is InChI=1S/C15H22N2O2/c1-11(2)8-17(10-15(16)19)9-14(18)13-7-5-4-6-12(13)3/h4-7,11H,8-10H2,1-3H3,(H2,16,19). The van der Waals surface area contributed by atoms with E-state index in [-0.39, 0.29) is 18.9 Å². The summed E-state index contributed by atoms with van der Waals surface area (Å²) in [6, 6.07) is 7.48. The first-order valence-corrected chi connectivity index (χ1v) is 6.49. The Morgan fingerprint density at radius 3 is 2.37 bits per heavy atom. The molecule has 0 spiro atoms. The largest absolute Gasteiger partial charge is 0.369 e. The first-order chi connectivity index (χ1) is 8.90. The van der Waals surface area contributed by atoms with Gasteiger partial charge in [0.05, 0.1) is 13.1 Å². The number of nitrogens with zero attached hydrogens (tertiary/aromatic N) is 1. The minimum absolute atomic E-state index is 0.0278. The van der Waals surface area contributed by atoms with Crippen molar-refractivity contribution in [2.45, 2.75) is 20.8 Å². The minimum Gasteiger partial charge on any atom is -0.369 e. The summed E-state index contributed by atoms with van der Waals surface area (Å²) in [4.78, 5) is 25.1. The second-order valence-corrected chi connectivity index (χ2v) is 5.27. The quantitative estimate of drug-likeness (QED) is 0.759. The van der Waals surface area contributed by atoms with Crippen LogP contribution in [0.2, 0.25) is 0 Å². The van der Waals surface area contributed by atoms with Gasteiger partial charge in [0.1, 0.15) is 0 Å². The van der Waals surface area contributed by atoms with E-state index in [4.69, 9.17) is 5.73 Å². The van der Waals surface area contributed by atoms with Crippen LogP contribution in [-0.2, 0) is 4.79 Å². The van der Waals surface area contributed by atoms with Crippen LogP contribution in [0.4, 0.5) is 0 Å². The van der Waals surface area contributed by atoms with E-state index >= 15 is 0 Å². The first kappa shape index (κ1) is 15.4. The summed E-state index contributed by atoms with van der Waals surface area (Å²) in [6.07, 6.45) is 0. The van der Waals surface area contributed by atoms with Crippen molar-refractivity contribution in [2.75, 3.05) is 19.6 Å². The molecule has 1 aromatic carbocycles. The highest BCUT2D eigenvalue weighted by Gasteiger charge is 2.16. The lowest BCUT2D eigenvalue weighted by Crippen LogP contribution is -2.39. The van der Waals surface area contributed by atoms with Crippen LogP contribution in [0.15, 0.2) is 24.3 Å². The molecular formula is C15H22N2O2. The van der Waals surface area contributed by atoms with Crippen LogP contribution in [0.5, 0.6) is 0 Å². The predicted octanol–water partition coefficient (Wildman–Crippen LogP) is 1.62. The first-order valence-electron chi connectivity index (χ1n) is 6.49. The zero-order valence-electron chi connectivity index (χ0n) is 11.8. The third kappa shape index (κ3) is 5.22. The average Bonchev–Trinajstić information content (AvgIpc) is 2.27. The predicted molar refractivity (Wildman–Crippen MR) is 76.0 cm³/mol. The van der Waals surface area contributed by atoms with E-state index in [1.807, 2.05) is 49.9 Å². The van der Waals surface area contributed by atoms with Crippen LogP contribution in [0.3, 0.4) is 0 Å². The molecule has 0 fully saturated rings. The Hall–Kier alpha value is -1.68. The highest BCUT2D eigenvalue weighted by Crippen LogP contribution is 2.09. The van der Waals surface area contributed by atoms with Crippen molar-refractivity contribution in [1.82, 2.24) is 4.90 Å². The topological polar surface area (TPSA) is 63.4 Å². The molecule has 1 aromatic rings. The van der Waals surface area contributed by atoms with Crippen molar-refractivity contribution in [3.05, 3.63) is 35.4 Å². The number of hydrogen-bond acceptors (Lipinski definition) is 3. The highest BCUT2D eigenvalue weighted by atomic mass is 16.1. The van der Waals surface area contributed by atoms with E-state index in [1.165, 1.54) is 0 Å². The minimum atomic E-state index is -0.404. The second kappa shape index (κ2) is 7.04. The van der Waals surface area contributed by atoms with Crippen molar-refractivity contribution in [1.29, 1.82) is 0 Å². The Morgan fingerprint density at radius 2 is 1.84 bits per heavy atom. The van der Waals surface area contributed by atoms with Gasteiger partial charge in [0.25, 0.3) is 0 Å². The van der Waals surface area contributed by atoms with Crippen molar-refractivity contribution in [3.63, 3.8) is 0 Å². The summed E-state index contributed by atoms with van der Waals surface area (Å²) in [5, 5.41) is 0. The number of primary amides is 1. The molecule has 104 valence electrons. The van der Waals surface area contributed by atoms with Crippen molar-refractivity contribution in [3.8, 4) is 0 Å². The molecule has 0 bridgehead atoms. The van der Waals surface area contributed by atoms with Crippen molar-refractivity contribution < 1.29 is 9.59 Å². The fraction of sp³-hybridized carbons (Fsp3) is 0.467. The monoisotopic (exact) mass is 262 g/mol. The van der Waals surface area contributed by atoms with Gasteiger partial charge in [0, 0.05) is 12.1 Å². The number of carbonyl (C=O) groups excluding carboxylic acids is 2. The number of benzene rings is 1. The number of ketones is 1. The zero-order chi connectivity index (χ0) is 14.4. The summed E-state index contributed by atoms with van der Waals surface area (Å²) in [6.45, 7) is 7.04. The van der Waals surface area contributed by atoms with Crippen LogP contribution < -0.4 is 5.73 Å². The molecule has 0 aromatic heterocycles. The Morgan fingerprint density at radius 1 is 1.21 bits per heavy atom. The summed E-state index contributed by atoms with van der Waals surface area (Å²) in [5.74, 6) is 0.00209. The van der Waals surface area contributed by atoms with Crippen molar-refractivity contribution >= 4 is 11.7 Å². The molecule has 0 saturated carbocycles. The molecule has 4 nitrogen and oxygen atoms in total. The maximum absolute atomic E-state index is 12.2. The summed E-state index contributed by atoms with van der Waals surface area (Å²) in [7, 11) is 0. The van der Waals surface area contributed by atoms with Gasteiger partial charge in [-0.05, 0) is 18.4 Å². The van der Waals surface area contributed by atoms with Gasteiger partial charge in [0.15, 0.2) is 5.78 Å². The summed E-state index contributed by atoms with van der Waals surface area (Å²) in [5.41, 5.74) is 6.89. The van der Waals surface area contributed by atoms with Crippen LogP contribution in [0.25, 0.3) is 0 Å². The smallest absolute Gasteiger partial charge is 0.231 e. The maximum Gasteiger partial charge on any atom is 0.231 e. The van der Waals surface area contributed by atoms with Gasteiger partial charge in [-0.3, -0.25) is 14.5 Å². The normalized spacial score (nSPS) is 11.0. The average molecular weight is 262 g/mol. The van der Waals surface area contributed by atoms with E-state index in [1.54, 1.807) is 0 Å². The molecule has 0 aliphatic heterocycles. The van der Waals surface area contributed by atoms with Crippen LogP contribution >= 0.6 is 0 Å². The van der Waals surface area contributed by atoms with Gasteiger partial charge in [-0.15, -0.1) is 0 Å². The Labute approximate surface area is 114 Å². The van der Waals surface area contributed by atoms with Gasteiger partial charge in [0.2, 0.25) is 5.91 Å². The van der Waals surface area contributed by atoms with Gasteiger partial charge < -0.3 is 5.73 Å². The fourth-order valence-electron chi connectivity index (χ4n) is 2.10. The van der Waals surface area contributed by atoms with Crippen LogP contribution in [-0.4, -0.2) is 36.2 Å². The molecule has 4 heteroatoms. The SMILES string of the molecule is Cc1ccccc1C(=O)CN(CC(N)=O)CC(C)C. The molecule has 2 N–H and O–H groups in total. The van der Waals surface area contributed by atoms with E-state index in [0.717, 1.165) is 5.56 Å². The van der Waals surface area contributed by atoms with Gasteiger partial charge in [-0.1, -0.05) is 38.1 Å². The number of hydrogen-bond donors (Lipinski definition) is 1. The molecule has 0 aliphatic carbocycles. The number of amides is 1. The zero-order valence-corrected chi connectivity index (χ0v) is 11.8. The Balaban J connectivity index is 2.75. The lowest BCUT2D eigenvalue weighted by atomic mass is 10.0. The lowest BCUT2D eigenvalue weighted by molar-refractivity contribution is -0.119. The van der Waals surface area contributed by atoms with E-state index < -0.39 is 5.91 Å². The molecule has 1 amide bonds. The van der Waals surface area contributed by atoms with Gasteiger partial charge in [-0.25, -0.2) is 0 Å². The third-order valence-electron chi connectivity index (χ3n) is 2.82. The van der Waals surface area contributed by atoms with E-state index in [0.29, 0.717) is 18.0 Å². The van der Waals surface area contributed by atoms with Crippen LogP contribution in [0.1, 0.15) is 29.8 Å². The van der Waals surface area contributed by atoms with E-state index in [9.17, 15) is 9.59 Å². The molecule has 0 unspecified atom stereocenters. The van der Waals surface area contributed by atoms with Gasteiger partial charge >= 0.3 is 0 Å². The Kier molecular flexibility index (Phi) is 5.70.